The monoisotopic (exact) mass is 263 g/mol. The highest BCUT2D eigenvalue weighted by Crippen LogP contribution is 2.30. The smallest absolute Gasteiger partial charge is 0.305 e. The van der Waals surface area contributed by atoms with E-state index >= 15 is 0 Å². The number of carbonyl (C=O) groups is 1. The van der Waals surface area contributed by atoms with Crippen LogP contribution in [0.15, 0.2) is 6.07 Å². The van der Waals surface area contributed by atoms with E-state index in [-0.39, 0.29) is 6.42 Å². The van der Waals surface area contributed by atoms with Crippen molar-refractivity contribution in [1.29, 1.82) is 0 Å². The van der Waals surface area contributed by atoms with Crippen molar-refractivity contribution in [3.05, 3.63) is 17.5 Å². The molecule has 1 heterocycles. The van der Waals surface area contributed by atoms with E-state index in [1.807, 2.05) is 17.9 Å². The first kappa shape index (κ1) is 13.8. The Morgan fingerprint density at radius 3 is 2.68 bits per heavy atom. The summed E-state index contributed by atoms with van der Waals surface area (Å²) < 4.78 is 0. The Hall–Kier alpha value is -1.65. The number of rotatable bonds is 6. The maximum absolute atomic E-state index is 10.8. The zero-order chi connectivity index (χ0) is 14.0. The summed E-state index contributed by atoms with van der Waals surface area (Å²) in [5.74, 6) is 0.260. The van der Waals surface area contributed by atoms with E-state index in [2.05, 4.69) is 23.8 Å². The molecule has 2 rings (SSSR count). The third-order valence-electron chi connectivity index (χ3n) is 3.26. The second-order valence-electron chi connectivity index (χ2n) is 5.46. The van der Waals surface area contributed by atoms with Gasteiger partial charge in [-0.1, -0.05) is 13.8 Å². The lowest BCUT2D eigenvalue weighted by atomic mass is 10.1. The van der Waals surface area contributed by atoms with Gasteiger partial charge in [0.15, 0.2) is 0 Å². The van der Waals surface area contributed by atoms with Crippen LogP contribution in [-0.2, 0) is 4.79 Å². The van der Waals surface area contributed by atoms with Gasteiger partial charge in [-0.25, -0.2) is 9.97 Å². The van der Waals surface area contributed by atoms with Crippen LogP contribution in [0, 0.1) is 6.92 Å². The molecule has 0 saturated heterocycles. The second-order valence-corrected chi connectivity index (χ2v) is 5.46. The number of aryl methyl sites for hydroxylation is 1. The molecule has 0 radical (unpaired) electrons. The number of carboxylic acids is 1. The number of aromatic nitrogens is 2. The lowest BCUT2D eigenvalue weighted by molar-refractivity contribution is -0.136. The topological polar surface area (TPSA) is 66.3 Å². The van der Waals surface area contributed by atoms with Crippen molar-refractivity contribution in [2.24, 2.45) is 0 Å². The molecule has 0 amide bonds. The van der Waals surface area contributed by atoms with Gasteiger partial charge in [0.25, 0.3) is 0 Å². The number of hydrogen-bond acceptors (Lipinski definition) is 4. The van der Waals surface area contributed by atoms with E-state index in [4.69, 9.17) is 5.11 Å². The van der Waals surface area contributed by atoms with Crippen molar-refractivity contribution in [2.75, 3.05) is 11.4 Å². The van der Waals surface area contributed by atoms with Crippen LogP contribution in [0.4, 0.5) is 5.95 Å². The van der Waals surface area contributed by atoms with Gasteiger partial charge in [0, 0.05) is 24.0 Å². The molecule has 19 heavy (non-hydrogen) atoms. The normalized spacial score (nSPS) is 14.7. The molecule has 0 aromatic carbocycles. The van der Waals surface area contributed by atoms with Gasteiger partial charge >= 0.3 is 5.97 Å². The molecular formula is C14H21N3O2. The molecule has 0 aliphatic heterocycles. The SMILES string of the molecule is Cc1cc(C(C)C)nc(N(CCC(=O)O)C2CC2)n1. The van der Waals surface area contributed by atoms with Crippen molar-refractivity contribution in [1.82, 2.24) is 9.97 Å². The fourth-order valence-corrected chi connectivity index (χ4v) is 2.05. The lowest BCUT2D eigenvalue weighted by Crippen LogP contribution is -2.30. The Labute approximate surface area is 113 Å². The molecule has 1 N–H and O–H groups in total. The summed E-state index contributed by atoms with van der Waals surface area (Å²) >= 11 is 0. The van der Waals surface area contributed by atoms with E-state index in [1.165, 1.54) is 0 Å². The highest BCUT2D eigenvalue weighted by Gasteiger charge is 2.31. The van der Waals surface area contributed by atoms with E-state index in [0.717, 1.165) is 24.2 Å². The number of aliphatic carboxylic acids is 1. The molecule has 1 aliphatic rings. The molecule has 1 aromatic rings. The average molecular weight is 263 g/mol. The van der Waals surface area contributed by atoms with E-state index in [1.54, 1.807) is 0 Å². The van der Waals surface area contributed by atoms with Gasteiger partial charge in [0.1, 0.15) is 0 Å². The zero-order valence-electron chi connectivity index (χ0n) is 11.8. The Bertz CT molecular complexity index is 470. The van der Waals surface area contributed by atoms with Gasteiger partial charge < -0.3 is 10.0 Å². The van der Waals surface area contributed by atoms with Crippen molar-refractivity contribution >= 4 is 11.9 Å². The fourth-order valence-electron chi connectivity index (χ4n) is 2.05. The summed E-state index contributed by atoms with van der Waals surface area (Å²) in [5, 5.41) is 8.84. The highest BCUT2D eigenvalue weighted by atomic mass is 16.4. The van der Waals surface area contributed by atoms with E-state index < -0.39 is 5.97 Å². The van der Waals surface area contributed by atoms with E-state index in [0.29, 0.717) is 24.5 Å². The Kier molecular flexibility index (Phi) is 4.02. The quantitative estimate of drug-likeness (QED) is 0.853. The summed E-state index contributed by atoms with van der Waals surface area (Å²) in [7, 11) is 0. The Balaban J connectivity index is 2.22. The third-order valence-corrected chi connectivity index (χ3v) is 3.26. The number of nitrogens with zero attached hydrogens (tertiary/aromatic N) is 3. The Morgan fingerprint density at radius 2 is 2.16 bits per heavy atom. The molecule has 5 heteroatoms. The van der Waals surface area contributed by atoms with Crippen molar-refractivity contribution in [2.45, 2.75) is 52.0 Å². The van der Waals surface area contributed by atoms with Crippen molar-refractivity contribution in [3.8, 4) is 0 Å². The molecule has 0 unspecified atom stereocenters. The van der Waals surface area contributed by atoms with Gasteiger partial charge in [0.05, 0.1) is 6.42 Å². The van der Waals surface area contributed by atoms with Gasteiger partial charge in [-0.2, -0.15) is 0 Å². The highest BCUT2D eigenvalue weighted by molar-refractivity contribution is 5.67. The molecule has 104 valence electrons. The fraction of sp³-hybridized carbons (Fsp3) is 0.643. The Morgan fingerprint density at radius 1 is 1.47 bits per heavy atom. The summed E-state index contributed by atoms with van der Waals surface area (Å²) in [4.78, 5) is 21.9. The summed E-state index contributed by atoms with van der Waals surface area (Å²) in [6.45, 7) is 6.65. The van der Waals surface area contributed by atoms with Crippen LogP contribution in [-0.4, -0.2) is 33.6 Å². The first-order valence-corrected chi connectivity index (χ1v) is 6.81. The van der Waals surface area contributed by atoms with Crippen molar-refractivity contribution < 1.29 is 9.90 Å². The molecule has 0 bridgehead atoms. The van der Waals surface area contributed by atoms with Crippen LogP contribution in [0.5, 0.6) is 0 Å². The summed E-state index contributed by atoms with van der Waals surface area (Å²) in [5.41, 5.74) is 1.96. The summed E-state index contributed by atoms with van der Waals surface area (Å²) in [6.07, 6.45) is 2.34. The lowest BCUT2D eigenvalue weighted by Gasteiger charge is -2.22. The molecule has 1 aromatic heterocycles. The van der Waals surface area contributed by atoms with Gasteiger partial charge in [-0.3, -0.25) is 4.79 Å². The maximum Gasteiger partial charge on any atom is 0.305 e. The van der Waals surface area contributed by atoms with Crippen LogP contribution in [0.1, 0.15) is 50.4 Å². The van der Waals surface area contributed by atoms with Crippen molar-refractivity contribution in [3.63, 3.8) is 0 Å². The predicted molar refractivity (Wildman–Crippen MR) is 73.5 cm³/mol. The van der Waals surface area contributed by atoms with Gasteiger partial charge in [-0.05, 0) is 31.7 Å². The molecule has 1 fully saturated rings. The van der Waals surface area contributed by atoms with Crippen LogP contribution in [0.25, 0.3) is 0 Å². The van der Waals surface area contributed by atoms with Crippen LogP contribution < -0.4 is 4.90 Å². The van der Waals surface area contributed by atoms with Gasteiger partial charge in [0.2, 0.25) is 5.95 Å². The number of carboxylic acid groups (broad SMARTS) is 1. The molecule has 5 nitrogen and oxygen atoms in total. The first-order valence-electron chi connectivity index (χ1n) is 6.81. The molecular weight excluding hydrogens is 242 g/mol. The minimum absolute atomic E-state index is 0.130. The average Bonchev–Trinajstić information content (AvgIpc) is 3.12. The van der Waals surface area contributed by atoms with Crippen LogP contribution >= 0.6 is 0 Å². The minimum atomic E-state index is -0.776. The van der Waals surface area contributed by atoms with Gasteiger partial charge in [-0.15, -0.1) is 0 Å². The minimum Gasteiger partial charge on any atom is -0.481 e. The molecule has 0 spiro atoms. The molecule has 1 aliphatic carbocycles. The predicted octanol–water partition coefficient (Wildman–Crippen LogP) is 2.35. The second kappa shape index (κ2) is 5.55. The first-order chi connectivity index (χ1) is 8.97. The standard InChI is InChI=1S/C14H21N3O2/c1-9(2)12-8-10(3)15-14(16-12)17(11-4-5-11)7-6-13(18)19/h8-9,11H,4-7H2,1-3H3,(H,18,19). The zero-order valence-corrected chi connectivity index (χ0v) is 11.8. The number of anilines is 1. The number of hydrogen-bond donors (Lipinski definition) is 1. The molecule has 1 saturated carbocycles. The summed E-state index contributed by atoms with van der Waals surface area (Å²) in [6, 6.07) is 2.41. The third kappa shape index (κ3) is 3.66. The maximum atomic E-state index is 10.8. The largest absolute Gasteiger partial charge is 0.481 e. The van der Waals surface area contributed by atoms with E-state index in [9.17, 15) is 4.79 Å². The van der Waals surface area contributed by atoms with Crippen LogP contribution in [0.3, 0.4) is 0 Å². The van der Waals surface area contributed by atoms with Crippen LogP contribution in [0.2, 0.25) is 0 Å². The molecule has 0 atom stereocenters.